The number of carbonyl (C=O) groups is 4. The second kappa shape index (κ2) is 23.9. The van der Waals surface area contributed by atoms with Crippen LogP contribution in [0.15, 0.2) is 109 Å². The van der Waals surface area contributed by atoms with E-state index in [1.165, 1.54) is 20.8 Å². The SMILES string of the molecule is CC(=O)OC[C@H]1O[C@@H](CC(=S)NCc2ccc(C3O[C@H](CN(C)[C@@H](C)[C@H](O)c4ccccc4)[C@@H](c4ccccc4)[C@H](c4ccc(CO)cc4)O3)cc2)[C@H](OC(C)=O)[C@@H](OC(C)=O)[C@@H]1OC(C)=O. The number of likely N-dealkylation sites (N-methyl/N-ethyl adjacent to an activating group) is 1. The average molecular weight is 941 g/mol. The molecule has 15 nitrogen and oxygen atoms in total. The third-order valence-electron chi connectivity index (χ3n) is 11.9. The fourth-order valence-electron chi connectivity index (χ4n) is 8.52. The zero-order chi connectivity index (χ0) is 48.2. The van der Waals surface area contributed by atoms with Crippen molar-refractivity contribution in [2.75, 3.05) is 20.2 Å². The third-order valence-corrected chi connectivity index (χ3v) is 12.3. The summed E-state index contributed by atoms with van der Waals surface area (Å²) < 4.78 is 42.0. The molecule has 3 N–H and O–H groups in total. The first-order valence-corrected chi connectivity index (χ1v) is 22.7. The molecule has 0 amide bonds. The number of rotatable bonds is 18. The van der Waals surface area contributed by atoms with Crippen LogP contribution in [0.5, 0.6) is 0 Å². The van der Waals surface area contributed by atoms with E-state index in [4.69, 9.17) is 45.4 Å². The van der Waals surface area contributed by atoms with E-state index >= 15 is 0 Å². The number of hydrogen-bond acceptors (Lipinski definition) is 15. The molecule has 2 heterocycles. The predicted molar refractivity (Wildman–Crippen MR) is 249 cm³/mol. The minimum absolute atomic E-state index is 0.00364. The van der Waals surface area contributed by atoms with Crippen LogP contribution in [0.1, 0.15) is 98.8 Å². The van der Waals surface area contributed by atoms with Gasteiger partial charge >= 0.3 is 23.9 Å². The summed E-state index contributed by atoms with van der Waals surface area (Å²) in [4.78, 5) is 51.0. The van der Waals surface area contributed by atoms with E-state index < -0.39 is 79.0 Å². The normalized spacial score (nSPS) is 24.7. The molecule has 2 fully saturated rings. The van der Waals surface area contributed by atoms with Gasteiger partial charge in [0.05, 0.1) is 29.9 Å². The highest BCUT2D eigenvalue weighted by Gasteiger charge is 2.52. The van der Waals surface area contributed by atoms with Crippen LogP contribution in [0.4, 0.5) is 0 Å². The molecule has 0 aromatic heterocycles. The van der Waals surface area contributed by atoms with Crippen LogP contribution in [0.3, 0.4) is 0 Å². The summed E-state index contributed by atoms with van der Waals surface area (Å²) in [6.45, 7) is 7.06. The highest BCUT2D eigenvalue weighted by Crippen LogP contribution is 2.47. The van der Waals surface area contributed by atoms with E-state index in [0.29, 0.717) is 18.1 Å². The molecule has 2 aliphatic rings. The second-order valence-electron chi connectivity index (χ2n) is 16.9. The van der Waals surface area contributed by atoms with Gasteiger partial charge in [0.1, 0.15) is 18.8 Å². The lowest BCUT2D eigenvalue weighted by atomic mass is 9.83. The molecule has 0 saturated carbocycles. The molecule has 67 heavy (non-hydrogen) atoms. The van der Waals surface area contributed by atoms with Gasteiger partial charge in [0.25, 0.3) is 0 Å². The van der Waals surface area contributed by atoms with Gasteiger partial charge in [-0.1, -0.05) is 121 Å². The standard InChI is InChI=1S/C51H60N2O13S/c1-30(46(59)38-15-11-8-12-16-38)53(6)27-42-45(37-13-9-7-10-14-37)47(39-21-19-36(28-54)20-22-39)66-51(65-42)40-23-17-35(18-24-40)26-52-44(67)25-41-48(61-32(3)56)50(63-34(5)58)49(62-33(4)57)43(64-41)29-60-31(2)55/h7-24,30,41-43,45-51,54,59H,25-29H2,1-6H3,(H,52,67)/t30-,41-,42+,43+,45+,46-,47-,48-,49+,50+,51?/m0/s1. The van der Waals surface area contributed by atoms with E-state index in [2.05, 4.69) is 22.3 Å². The van der Waals surface area contributed by atoms with Crippen molar-refractivity contribution in [3.63, 3.8) is 0 Å². The molecule has 2 aliphatic heterocycles. The monoisotopic (exact) mass is 940 g/mol. The molecule has 4 aromatic carbocycles. The smallest absolute Gasteiger partial charge is 0.303 e. The first-order chi connectivity index (χ1) is 32.1. The minimum Gasteiger partial charge on any atom is -0.463 e. The molecular weight excluding hydrogens is 881 g/mol. The first kappa shape index (κ1) is 50.8. The Balaban J connectivity index is 1.21. The lowest BCUT2D eigenvalue weighted by Crippen LogP contribution is -2.62. The van der Waals surface area contributed by atoms with Crippen molar-refractivity contribution in [2.45, 2.75) is 121 Å². The maximum Gasteiger partial charge on any atom is 0.303 e. The molecule has 0 aliphatic carbocycles. The number of aliphatic hydroxyl groups is 2. The van der Waals surface area contributed by atoms with E-state index in [1.54, 1.807) is 0 Å². The number of hydrogen-bond donors (Lipinski definition) is 3. The van der Waals surface area contributed by atoms with Crippen molar-refractivity contribution in [3.8, 4) is 0 Å². The predicted octanol–water partition coefficient (Wildman–Crippen LogP) is 6.10. The van der Waals surface area contributed by atoms with Crippen LogP contribution in [0, 0.1) is 0 Å². The Kier molecular flexibility index (Phi) is 18.1. The summed E-state index contributed by atoms with van der Waals surface area (Å²) in [5, 5.41) is 24.5. The Morgan fingerprint density at radius 3 is 1.81 bits per heavy atom. The molecule has 0 radical (unpaired) electrons. The molecular formula is C51H60N2O13S. The Morgan fingerprint density at radius 2 is 1.22 bits per heavy atom. The molecule has 16 heteroatoms. The summed E-state index contributed by atoms with van der Waals surface area (Å²) in [6.07, 6.45) is -8.23. The quantitative estimate of drug-likeness (QED) is 0.0589. The van der Waals surface area contributed by atoms with E-state index in [-0.39, 0.29) is 31.6 Å². The van der Waals surface area contributed by atoms with Crippen molar-refractivity contribution < 1.29 is 62.5 Å². The van der Waals surface area contributed by atoms with Crippen LogP contribution >= 0.6 is 12.2 Å². The summed E-state index contributed by atoms with van der Waals surface area (Å²) >= 11 is 5.75. The van der Waals surface area contributed by atoms with Crippen LogP contribution in [0.2, 0.25) is 0 Å². The number of thiocarbonyl (C=S) groups is 1. The van der Waals surface area contributed by atoms with E-state index in [1.807, 2.05) is 111 Å². The number of aliphatic hydroxyl groups excluding tert-OH is 2. The number of carbonyl (C=O) groups excluding carboxylic acids is 4. The molecule has 6 rings (SSSR count). The molecule has 11 atom stereocenters. The molecule has 358 valence electrons. The van der Waals surface area contributed by atoms with Gasteiger partial charge in [-0.25, -0.2) is 0 Å². The summed E-state index contributed by atoms with van der Waals surface area (Å²) in [5.41, 5.74) is 5.21. The number of esters is 4. The number of nitrogens with zero attached hydrogens (tertiary/aromatic N) is 1. The largest absolute Gasteiger partial charge is 0.463 e. The molecule has 0 bridgehead atoms. The highest BCUT2D eigenvalue weighted by atomic mass is 32.1. The van der Waals surface area contributed by atoms with E-state index in [9.17, 15) is 29.4 Å². The van der Waals surface area contributed by atoms with Gasteiger partial charge in [-0.15, -0.1) is 0 Å². The molecule has 4 aromatic rings. The van der Waals surface area contributed by atoms with Gasteiger partial charge in [-0.05, 0) is 41.8 Å². The highest BCUT2D eigenvalue weighted by molar-refractivity contribution is 7.80. The topological polar surface area (TPSA) is 189 Å². The maximum absolute atomic E-state index is 12.3. The first-order valence-electron chi connectivity index (χ1n) is 22.3. The van der Waals surface area contributed by atoms with Crippen molar-refractivity contribution in [2.24, 2.45) is 0 Å². The van der Waals surface area contributed by atoms with Crippen LogP contribution in [-0.4, -0.2) is 107 Å². The number of benzene rings is 4. The maximum atomic E-state index is 12.3. The fraction of sp³-hybridized carbons (Fsp3) is 0.431. The number of nitrogens with one attached hydrogen (secondary N) is 1. The molecule has 1 unspecified atom stereocenters. The molecule has 2 saturated heterocycles. The average Bonchev–Trinajstić information content (AvgIpc) is 3.31. The molecule has 0 spiro atoms. The lowest BCUT2D eigenvalue weighted by Gasteiger charge is -2.45. The van der Waals surface area contributed by atoms with Crippen molar-refractivity contribution in [3.05, 3.63) is 143 Å². The fourth-order valence-corrected chi connectivity index (χ4v) is 8.75. The Bertz CT molecular complexity index is 2270. The zero-order valence-corrected chi connectivity index (χ0v) is 39.3. The van der Waals surface area contributed by atoms with Gasteiger partial charge in [0.2, 0.25) is 0 Å². The minimum atomic E-state index is -1.30. The van der Waals surface area contributed by atoms with Crippen LogP contribution in [0.25, 0.3) is 0 Å². The second-order valence-corrected chi connectivity index (χ2v) is 17.4. The van der Waals surface area contributed by atoms with Crippen molar-refractivity contribution >= 4 is 41.1 Å². The summed E-state index contributed by atoms with van der Waals surface area (Å²) in [6, 6.07) is 34.9. The van der Waals surface area contributed by atoms with Gasteiger partial charge in [0.15, 0.2) is 24.6 Å². The van der Waals surface area contributed by atoms with Crippen LogP contribution in [-0.2, 0) is 65.5 Å². The van der Waals surface area contributed by atoms with Gasteiger partial charge in [-0.3, -0.25) is 24.1 Å². The van der Waals surface area contributed by atoms with Crippen LogP contribution < -0.4 is 5.32 Å². The summed E-state index contributed by atoms with van der Waals surface area (Å²) in [7, 11) is 1.99. The Hall–Kier alpha value is -5.59. The number of ether oxygens (including phenoxy) is 7. The van der Waals surface area contributed by atoms with Crippen molar-refractivity contribution in [1.29, 1.82) is 0 Å². The van der Waals surface area contributed by atoms with E-state index in [0.717, 1.165) is 40.3 Å². The lowest BCUT2D eigenvalue weighted by molar-refractivity contribution is -0.264. The Morgan fingerprint density at radius 1 is 0.672 bits per heavy atom. The van der Waals surface area contributed by atoms with Crippen molar-refractivity contribution in [1.82, 2.24) is 10.2 Å². The summed E-state index contributed by atoms with van der Waals surface area (Å²) in [5.74, 6) is -2.99. The zero-order valence-electron chi connectivity index (χ0n) is 38.5. The third kappa shape index (κ3) is 13.8. The van der Waals surface area contributed by atoms with Gasteiger partial charge in [0, 0.05) is 64.7 Å². The Labute approximate surface area is 396 Å². The van der Waals surface area contributed by atoms with Gasteiger partial charge in [-0.2, -0.15) is 0 Å². The van der Waals surface area contributed by atoms with Gasteiger partial charge < -0.3 is 48.7 Å².